The molecule has 3 N–H and O–H groups in total. The van der Waals surface area contributed by atoms with Gasteiger partial charge >= 0.3 is 6.03 Å². The van der Waals surface area contributed by atoms with Crippen molar-refractivity contribution in [1.82, 2.24) is 5.32 Å². The molecule has 0 spiro atoms. The van der Waals surface area contributed by atoms with Crippen LogP contribution in [0, 0.1) is 0 Å². The van der Waals surface area contributed by atoms with Gasteiger partial charge in [0.05, 0.1) is 0 Å². The first-order chi connectivity index (χ1) is 12.6. The number of alkyl halides is 2. The average Bonchev–Trinajstić information content (AvgIpc) is 2.64. The second kappa shape index (κ2) is 10.8. The maximum absolute atomic E-state index is 12.0. The van der Waals surface area contributed by atoms with E-state index in [2.05, 4.69) is 15.5 Å². The Bertz CT molecular complexity index is 672. The topological polar surface area (TPSA) is 64.6 Å². The zero-order valence-electron chi connectivity index (χ0n) is 14.4. The number of anilines is 2. The Hall–Kier alpha value is -2.11. The van der Waals surface area contributed by atoms with E-state index in [0.717, 1.165) is 24.3 Å². The summed E-state index contributed by atoms with van der Waals surface area (Å²) in [6.45, 7) is 1.95. The van der Waals surface area contributed by atoms with E-state index in [9.17, 15) is 9.90 Å². The molecule has 0 aliphatic heterocycles. The average molecular weight is 396 g/mol. The van der Waals surface area contributed by atoms with Crippen LogP contribution >= 0.6 is 23.2 Å². The van der Waals surface area contributed by atoms with E-state index >= 15 is 0 Å². The van der Waals surface area contributed by atoms with Crippen LogP contribution in [-0.2, 0) is 6.42 Å². The third kappa shape index (κ3) is 6.65. The van der Waals surface area contributed by atoms with Crippen LogP contribution in [0.1, 0.15) is 5.56 Å². The number of hydrogen-bond acceptors (Lipinski definition) is 3. The molecule has 140 valence electrons. The summed E-state index contributed by atoms with van der Waals surface area (Å²) < 4.78 is 0. The number of hydrogen-bond donors (Lipinski definition) is 3. The molecule has 0 saturated carbocycles. The number of carbonyl (C=O) groups is 1. The SMILES string of the molecule is O=C(NCCc1ccc(O)cc1)Nc1ccc(N(CCCl)CCCl)cc1. The molecule has 0 bridgehead atoms. The Morgan fingerprint density at radius 2 is 1.58 bits per heavy atom. The number of nitrogens with one attached hydrogen (secondary N) is 2. The molecule has 2 aromatic carbocycles. The van der Waals surface area contributed by atoms with Crippen LogP contribution in [0.5, 0.6) is 5.75 Å². The summed E-state index contributed by atoms with van der Waals surface area (Å²) in [5, 5.41) is 14.9. The first-order valence-electron chi connectivity index (χ1n) is 8.42. The highest BCUT2D eigenvalue weighted by atomic mass is 35.5. The summed E-state index contributed by atoms with van der Waals surface area (Å²) in [6, 6.07) is 14.3. The molecule has 26 heavy (non-hydrogen) atoms. The van der Waals surface area contributed by atoms with Crippen molar-refractivity contribution in [3.8, 4) is 5.75 Å². The lowest BCUT2D eigenvalue weighted by atomic mass is 10.1. The number of rotatable bonds is 9. The highest BCUT2D eigenvalue weighted by molar-refractivity contribution is 6.18. The fraction of sp³-hybridized carbons (Fsp3) is 0.316. The van der Waals surface area contributed by atoms with E-state index in [-0.39, 0.29) is 11.8 Å². The largest absolute Gasteiger partial charge is 0.508 e. The Morgan fingerprint density at radius 1 is 0.962 bits per heavy atom. The third-order valence-corrected chi connectivity index (χ3v) is 4.17. The van der Waals surface area contributed by atoms with Crippen LogP contribution in [-0.4, -0.2) is 42.5 Å². The summed E-state index contributed by atoms with van der Waals surface area (Å²) in [6.07, 6.45) is 0.693. The van der Waals surface area contributed by atoms with E-state index in [4.69, 9.17) is 23.2 Å². The molecule has 0 aromatic heterocycles. The van der Waals surface area contributed by atoms with Gasteiger partial charge in [0.15, 0.2) is 0 Å². The van der Waals surface area contributed by atoms with Gasteiger partial charge in [-0.25, -0.2) is 4.79 Å². The molecule has 0 atom stereocenters. The smallest absolute Gasteiger partial charge is 0.319 e. The molecular formula is C19H23Cl2N3O2. The minimum absolute atomic E-state index is 0.235. The van der Waals surface area contributed by atoms with Gasteiger partial charge in [-0.15, -0.1) is 23.2 Å². The van der Waals surface area contributed by atoms with E-state index in [1.807, 2.05) is 36.4 Å². The lowest BCUT2D eigenvalue weighted by molar-refractivity contribution is 0.252. The summed E-state index contributed by atoms with van der Waals surface area (Å²) in [5.41, 5.74) is 2.78. The number of halogens is 2. The second-order valence-corrected chi connectivity index (χ2v) is 6.47. The number of amides is 2. The first-order valence-corrected chi connectivity index (χ1v) is 9.49. The zero-order valence-corrected chi connectivity index (χ0v) is 15.9. The van der Waals surface area contributed by atoms with Crippen LogP contribution in [0.4, 0.5) is 16.2 Å². The van der Waals surface area contributed by atoms with Gasteiger partial charge in [-0.3, -0.25) is 0 Å². The summed E-state index contributed by atoms with van der Waals surface area (Å²) >= 11 is 11.6. The number of phenolic OH excluding ortho intramolecular Hbond substituents is 1. The molecule has 7 heteroatoms. The molecule has 5 nitrogen and oxygen atoms in total. The molecule has 0 fully saturated rings. The normalized spacial score (nSPS) is 10.4. The fourth-order valence-corrected chi connectivity index (χ4v) is 2.90. The van der Waals surface area contributed by atoms with Crippen molar-refractivity contribution in [3.63, 3.8) is 0 Å². The van der Waals surface area contributed by atoms with Gasteiger partial charge < -0.3 is 20.6 Å². The van der Waals surface area contributed by atoms with Crippen molar-refractivity contribution in [2.75, 3.05) is 41.6 Å². The Kier molecular flexibility index (Phi) is 8.38. The molecule has 0 saturated heterocycles. The highest BCUT2D eigenvalue weighted by Crippen LogP contribution is 2.18. The second-order valence-electron chi connectivity index (χ2n) is 5.71. The number of carbonyl (C=O) groups excluding carboxylic acids is 1. The summed E-state index contributed by atoms with van der Waals surface area (Å²) in [4.78, 5) is 14.1. The molecule has 0 unspecified atom stereocenters. The van der Waals surface area contributed by atoms with Crippen molar-refractivity contribution in [2.24, 2.45) is 0 Å². The predicted molar refractivity (Wildman–Crippen MR) is 109 cm³/mol. The predicted octanol–water partition coefficient (Wildman–Crippen LogP) is 4.04. The first kappa shape index (κ1) is 20.2. The van der Waals surface area contributed by atoms with E-state index in [1.54, 1.807) is 12.1 Å². The van der Waals surface area contributed by atoms with Gasteiger partial charge in [0.2, 0.25) is 0 Å². The van der Waals surface area contributed by atoms with Crippen molar-refractivity contribution in [2.45, 2.75) is 6.42 Å². The third-order valence-electron chi connectivity index (χ3n) is 3.83. The van der Waals surface area contributed by atoms with E-state index in [1.165, 1.54) is 0 Å². The standard InChI is InChI=1S/C19H23Cl2N3O2/c20-10-13-24(14-11-21)17-5-3-16(4-6-17)23-19(26)22-12-9-15-1-7-18(25)8-2-15/h1-8,25H,9-14H2,(H2,22,23,26). The number of nitrogens with zero attached hydrogens (tertiary/aromatic N) is 1. The van der Waals surface area contributed by atoms with Crippen LogP contribution in [0.2, 0.25) is 0 Å². The molecule has 2 amide bonds. The van der Waals surface area contributed by atoms with Crippen molar-refractivity contribution in [3.05, 3.63) is 54.1 Å². The van der Waals surface area contributed by atoms with Crippen LogP contribution in [0.15, 0.2) is 48.5 Å². The molecule has 0 aliphatic carbocycles. The lowest BCUT2D eigenvalue weighted by Crippen LogP contribution is -2.30. The van der Waals surface area contributed by atoms with Gasteiger partial charge in [-0.05, 0) is 48.4 Å². The monoisotopic (exact) mass is 395 g/mol. The maximum atomic E-state index is 12.0. The molecule has 2 aromatic rings. The van der Waals surface area contributed by atoms with Crippen LogP contribution in [0.25, 0.3) is 0 Å². The van der Waals surface area contributed by atoms with E-state index in [0.29, 0.717) is 30.4 Å². The number of benzene rings is 2. The van der Waals surface area contributed by atoms with Gasteiger partial charge in [-0.1, -0.05) is 12.1 Å². The van der Waals surface area contributed by atoms with Crippen LogP contribution in [0.3, 0.4) is 0 Å². The number of phenols is 1. The number of aromatic hydroxyl groups is 1. The van der Waals surface area contributed by atoms with Crippen molar-refractivity contribution >= 4 is 40.6 Å². The summed E-state index contributed by atoms with van der Waals surface area (Å²) in [5.74, 6) is 1.29. The molecule has 0 radical (unpaired) electrons. The Balaban J connectivity index is 1.80. The van der Waals surface area contributed by atoms with Gasteiger partial charge in [0, 0.05) is 42.8 Å². The minimum Gasteiger partial charge on any atom is -0.508 e. The Morgan fingerprint density at radius 3 is 2.15 bits per heavy atom. The molecule has 0 aliphatic rings. The number of urea groups is 1. The van der Waals surface area contributed by atoms with Crippen molar-refractivity contribution < 1.29 is 9.90 Å². The van der Waals surface area contributed by atoms with Crippen LogP contribution < -0.4 is 15.5 Å². The Labute approximate surface area is 163 Å². The van der Waals surface area contributed by atoms with E-state index < -0.39 is 0 Å². The highest BCUT2D eigenvalue weighted by Gasteiger charge is 2.06. The minimum atomic E-state index is -0.255. The fourth-order valence-electron chi connectivity index (χ4n) is 2.49. The molecule has 2 rings (SSSR count). The van der Waals surface area contributed by atoms with Crippen molar-refractivity contribution in [1.29, 1.82) is 0 Å². The van der Waals surface area contributed by atoms with Gasteiger partial charge in [0.25, 0.3) is 0 Å². The maximum Gasteiger partial charge on any atom is 0.319 e. The summed E-state index contributed by atoms with van der Waals surface area (Å²) in [7, 11) is 0. The zero-order chi connectivity index (χ0) is 18.8. The quantitative estimate of drug-likeness (QED) is 0.561. The lowest BCUT2D eigenvalue weighted by Gasteiger charge is -2.23. The van der Waals surface area contributed by atoms with Gasteiger partial charge in [0.1, 0.15) is 5.75 Å². The molecular weight excluding hydrogens is 373 g/mol. The van der Waals surface area contributed by atoms with Gasteiger partial charge in [-0.2, -0.15) is 0 Å². The molecule has 0 heterocycles.